The van der Waals surface area contributed by atoms with Crippen molar-refractivity contribution in [3.05, 3.63) is 45.8 Å². The van der Waals surface area contributed by atoms with Gasteiger partial charge in [0, 0.05) is 10.4 Å². The Kier molecular flexibility index (Phi) is 4.88. The Bertz CT molecular complexity index is 784. The van der Waals surface area contributed by atoms with E-state index in [0.717, 1.165) is 11.3 Å². The number of sulfonamides is 1. The molecule has 21 heavy (non-hydrogen) atoms. The van der Waals surface area contributed by atoms with Gasteiger partial charge in [-0.15, -0.1) is 11.3 Å². The number of rotatable bonds is 5. The van der Waals surface area contributed by atoms with Gasteiger partial charge in [-0.1, -0.05) is 36.8 Å². The Labute approximate surface area is 138 Å². The zero-order valence-electron chi connectivity index (χ0n) is 11.1. The summed E-state index contributed by atoms with van der Waals surface area (Å²) in [7, 11) is -3.67. The molecule has 1 heterocycles. The van der Waals surface area contributed by atoms with Gasteiger partial charge in [0.1, 0.15) is 9.20 Å². The fourth-order valence-corrected chi connectivity index (χ4v) is 4.36. The highest BCUT2D eigenvalue weighted by atomic mass is 35.5. The van der Waals surface area contributed by atoms with Crippen LogP contribution < -0.4 is 10.5 Å². The number of anilines is 1. The van der Waals surface area contributed by atoms with Gasteiger partial charge < -0.3 is 5.73 Å². The summed E-state index contributed by atoms with van der Waals surface area (Å²) in [6.07, 6.45) is 0.790. The molecular formula is C13H13ClN2O2S3. The van der Waals surface area contributed by atoms with Crippen LogP contribution in [0.15, 0.2) is 34.5 Å². The predicted octanol–water partition coefficient (Wildman–Crippen LogP) is 3.40. The summed E-state index contributed by atoms with van der Waals surface area (Å²) in [5.41, 5.74) is 6.35. The third-order valence-corrected chi connectivity index (χ3v) is 6.40. The number of nitrogens with one attached hydrogen (secondary N) is 1. The maximum atomic E-state index is 12.3. The molecule has 0 aliphatic rings. The molecule has 0 atom stereocenters. The third kappa shape index (κ3) is 3.74. The molecule has 0 saturated heterocycles. The standard InChI is InChI=1S/C13H13ClN2O2S3/c1-2-9-4-6-12(20-9)21(17,18)16-11-7-8(13(15)19)3-5-10(11)14/h3-7,16H,2H2,1H3,(H2,15,19). The molecule has 0 saturated carbocycles. The fourth-order valence-electron chi connectivity index (χ4n) is 1.64. The van der Waals surface area contributed by atoms with E-state index < -0.39 is 10.0 Å². The van der Waals surface area contributed by atoms with Crippen LogP contribution in [-0.4, -0.2) is 13.4 Å². The van der Waals surface area contributed by atoms with Gasteiger partial charge in [0.15, 0.2) is 0 Å². The number of thiocarbonyl (C=S) groups is 1. The van der Waals surface area contributed by atoms with Gasteiger partial charge in [-0.25, -0.2) is 8.42 Å². The normalized spacial score (nSPS) is 11.3. The summed E-state index contributed by atoms with van der Waals surface area (Å²) < 4.78 is 27.4. The molecular weight excluding hydrogens is 348 g/mol. The SMILES string of the molecule is CCc1ccc(S(=O)(=O)Nc2cc(C(N)=S)ccc2Cl)s1. The lowest BCUT2D eigenvalue weighted by molar-refractivity contribution is 0.603. The van der Waals surface area contributed by atoms with E-state index >= 15 is 0 Å². The quantitative estimate of drug-likeness (QED) is 0.801. The zero-order valence-corrected chi connectivity index (χ0v) is 14.3. The van der Waals surface area contributed by atoms with Gasteiger partial charge in [0.2, 0.25) is 0 Å². The molecule has 112 valence electrons. The second-order valence-corrected chi connectivity index (χ2v) is 8.16. The number of aryl methyl sites for hydroxylation is 1. The molecule has 4 nitrogen and oxygen atoms in total. The summed E-state index contributed by atoms with van der Waals surface area (Å²) >= 11 is 12.1. The molecule has 1 aromatic carbocycles. The summed E-state index contributed by atoms with van der Waals surface area (Å²) in [5.74, 6) is 0. The van der Waals surface area contributed by atoms with Gasteiger partial charge in [-0.2, -0.15) is 0 Å². The predicted molar refractivity (Wildman–Crippen MR) is 91.8 cm³/mol. The topological polar surface area (TPSA) is 72.2 Å². The van der Waals surface area contributed by atoms with Crippen molar-refractivity contribution < 1.29 is 8.42 Å². The van der Waals surface area contributed by atoms with Crippen LogP contribution >= 0.6 is 35.2 Å². The highest BCUT2D eigenvalue weighted by Crippen LogP contribution is 2.28. The zero-order chi connectivity index (χ0) is 15.6. The Balaban J connectivity index is 2.36. The largest absolute Gasteiger partial charge is 0.389 e. The number of hydrogen-bond donors (Lipinski definition) is 2. The second kappa shape index (κ2) is 6.31. The summed E-state index contributed by atoms with van der Waals surface area (Å²) in [4.78, 5) is 1.18. The lowest BCUT2D eigenvalue weighted by Gasteiger charge is -2.09. The first-order valence-electron chi connectivity index (χ1n) is 6.04. The monoisotopic (exact) mass is 360 g/mol. The van der Waals surface area contributed by atoms with E-state index in [4.69, 9.17) is 29.6 Å². The minimum Gasteiger partial charge on any atom is -0.389 e. The lowest BCUT2D eigenvalue weighted by atomic mass is 10.2. The lowest BCUT2D eigenvalue weighted by Crippen LogP contribution is -2.14. The average molecular weight is 361 g/mol. The molecule has 1 aromatic heterocycles. The highest BCUT2D eigenvalue weighted by molar-refractivity contribution is 7.94. The van der Waals surface area contributed by atoms with Crippen LogP contribution in [-0.2, 0) is 16.4 Å². The molecule has 0 amide bonds. The van der Waals surface area contributed by atoms with Crippen molar-refractivity contribution in [2.24, 2.45) is 5.73 Å². The van der Waals surface area contributed by atoms with Crippen molar-refractivity contribution in [2.45, 2.75) is 17.6 Å². The minimum absolute atomic E-state index is 0.177. The molecule has 0 radical (unpaired) electrons. The van der Waals surface area contributed by atoms with E-state index in [9.17, 15) is 8.42 Å². The molecule has 0 unspecified atom stereocenters. The Hall–Kier alpha value is -1.15. The molecule has 2 rings (SSSR count). The second-order valence-electron chi connectivity index (χ2n) is 4.24. The van der Waals surface area contributed by atoms with Crippen LogP contribution in [0.5, 0.6) is 0 Å². The molecule has 3 N–H and O–H groups in total. The van der Waals surface area contributed by atoms with Crippen LogP contribution in [0.4, 0.5) is 5.69 Å². The van der Waals surface area contributed by atoms with E-state index in [1.807, 2.05) is 6.92 Å². The molecule has 0 bridgehead atoms. The maximum absolute atomic E-state index is 12.3. The van der Waals surface area contributed by atoms with Crippen molar-refractivity contribution in [1.29, 1.82) is 0 Å². The summed E-state index contributed by atoms with van der Waals surface area (Å²) in [6.45, 7) is 1.97. The van der Waals surface area contributed by atoms with E-state index in [2.05, 4.69) is 4.72 Å². The van der Waals surface area contributed by atoms with Gasteiger partial charge in [-0.05, 0) is 30.7 Å². The number of halogens is 1. The average Bonchev–Trinajstić information content (AvgIpc) is 2.90. The minimum atomic E-state index is -3.67. The third-order valence-electron chi connectivity index (χ3n) is 2.75. The summed E-state index contributed by atoms with van der Waals surface area (Å²) in [6, 6.07) is 8.10. The molecule has 0 aliphatic heterocycles. The molecule has 0 spiro atoms. The van der Waals surface area contributed by atoms with Crippen LogP contribution in [0, 0.1) is 0 Å². The number of benzene rings is 1. The van der Waals surface area contributed by atoms with E-state index in [1.54, 1.807) is 24.3 Å². The van der Waals surface area contributed by atoms with Gasteiger partial charge in [0.05, 0.1) is 10.7 Å². The van der Waals surface area contributed by atoms with E-state index in [1.165, 1.54) is 17.4 Å². The highest BCUT2D eigenvalue weighted by Gasteiger charge is 2.18. The van der Waals surface area contributed by atoms with Gasteiger partial charge in [0.25, 0.3) is 10.0 Å². The molecule has 2 aromatic rings. The van der Waals surface area contributed by atoms with Crippen LogP contribution in [0.3, 0.4) is 0 Å². The van der Waals surface area contributed by atoms with E-state index in [-0.39, 0.29) is 19.9 Å². The van der Waals surface area contributed by atoms with Crippen LogP contribution in [0.2, 0.25) is 5.02 Å². The number of nitrogens with two attached hydrogens (primary N) is 1. The maximum Gasteiger partial charge on any atom is 0.271 e. The fraction of sp³-hybridized carbons (Fsp3) is 0.154. The smallest absolute Gasteiger partial charge is 0.271 e. The van der Waals surface area contributed by atoms with Crippen LogP contribution in [0.25, 0.3) is 0 Å². The Morgan fingerprint density at radius 2 is 2.10 bits per heavy atom. The molecule has 0 fully saturated rings. The van der Waals surface area contributed by atoms with Crippen molar-refractivity contribution >= 4 is 55.9 Å². The molecule has 0 aliphatic carbocycles. The Morgan fingerprint density at radius 1 is 1.38 bits per heavy atom. The first-order chi connectivity index (χ1) is 9.83. The van der Waals surface area contributed by atoms with Crippen molar-refractivity contribution in [2.75, 3.05) is 4.72 Å². The van der Waals surface area contributed by atoms with Crippen molar-refractivity contribution in [1.82, 2.24) is 0 Å². The van der Waals surface area contributed by atoms with Crippen LogP contribution in [0.1, 0.15) is 17.4 Å². The van der Waals surface area contributed by atoms with E-state index in [0.29, 0.717) is 5.56 Å². The summed E-state index contributed by atoms with van der Waals surface area (Å²) in [5, 5.41) is 0.283. The Morgan fingerprint density at radius 3 is 2.67 bits per heavy atom. The number of thiophene rings is 1. The first-order valence-corrected chi connectivity index (χ1v) is 9.13. The van der Waals surface area contributed by atoms with Gasteiger partial charge >= 0.3 is 0 Å². The number of hydrogen-bond acceptors (Lipinski definition) is 4. The molecule has 8 heteroatoms. The van der Waals surface area contributed by atoms with Crippen molar-refractivity contribution in [3.8, 4) is 0 Å². The van der Waals surface area contributed by atoms with Gasteiger partial charge in [-0.3, -0.25) is 4.72 Å². The first kappa shape index (κ1) is 16.2. The van der Waals surface area contributed by atoms with Crippen molar-refractivity contribution in [3.63, 3.8) is 0 Å².